The van der Waals surface area contributed by atoms with Crippen molar-refractivity contribution >= 4 is 10.8 Å². The number of hydrogen-bond acceptors (Lipinski definition) is 2. The molecule has 6 heteroatoms. The fourth-order valence-electron chi connectivity index (χ4n) is 3.41. The van der Waals surface area contributed by atoms with Crippen LogP contribution in [0.1, 0.15) is 29.4 Å². The highest BCUT2D eigenvalue weighted by Crippen LogP contribution is 2.29. The molecule has 158 valence electrons. The standard InChI is InChI=1S/C25H18F4O2/c1-2-3-16-13-30-25(31-14-16)19-11-21(26)20(22(27)12-19)7-5-15-4-6-17-9-23(28)24(29)10-18(17)8-15/h2,4,6,8-12,16,25H,1,3,13-14H2. The maximum atomic E-state index is 14.6. The van der Waals surface area contributed by atoms with Crippen LogP contribution < -0.4 is 0 Å². The van der Waals surface area contributed by atoms with Crippen LogP contribution >= 0.6 is 0 Å². The molecule has 3 aromatic carbocycles. The first-order valence-corrected chi connectivity index (χ1v) is 9.68. The Balaban J connectivity index is 1.56. The molecule has 1 saturated heterocycles. The first kappa shape index (κ1) is 21.1. The Morgan fingerprint density at radius 2 is 1.48 bits per heavy atom. The second kappa shape index (κ2) is 8.93. The molecular formula is C25H18F4O2. The average molecular weight is 426 g/mol. The van der Waals surface area contributed by atoms with Crippen LogP contribution in [0.2, 0.25) is 0 Å². The topological polar surface area (TPSA) is 18.5 Å². The van der Waals surface area contributed by atoms with Gasteiger partial charge in [0.25, 0.3) is 0 Å². The van der Waals surface area contributed by atoms with E-state index in [2.05, 4.69) is 18.4 Å². The van der Waals surface area contributed by atoms with E-state index < -0.39 is 35.1 Å². The number of rotatable bonds is 3. The molecule has 2 nitrogen and oxygen atoms in total. The van der Waals surface area contributed by atoms with Gasteiger partial charge in [0, 0.05) is 17.0 Å². The molecule has 0 bridgehead atoms. The molecule has 1 aliphatic heterocycles. The summed E-state index contributed by atoms with van der Waals surface area (Å²) in [5.74, 6) is 1.72. The maximum Gasteiger partial charge on any atom is 0.184 e. The SMILES string of the molecule is C=CCC1COC(c2cc(F)c(C#Cc3ccc4cc(F)c(F)cc4c3)c(F)c2)OC1. The van der Waals surface area contributed by atoms with Crippen LogP contribution in [0.5, 0.6) is 0 Å². The van der Waals surface area contributed by atoms with Gasteiger partial charge in [-0.25, -0.2) is 17.6 Å². The third-order valence-electron chi connectivity index (χ3n) is 5.01. The Kier molecular flexibility index (Phi) is 6.08. The normalized spacial score (nSPS) is 18.5. The molecule has 0 saturated carbocycles. The predicted molar refractivity (Wildman–Crippen MR) is 109 cm³/mol. The molecule has 0 aliphatic carbocycles. The van der Waals surface area contributed by atoms with Gasteiger partial charge in [-0.05, 0) is 53.6 Å². The lowest BCUT2D eigenvalue weighted by Gasteiger charge is -2.29. The molecule has 0 atom stereocenters. The Bertz CT molecular complexity index is 1180. The molecule has 1 fully saturated rings. The van der Waals surface area contributed by atoms with E-state index in [4.69, 9.17) is 9.47 Å². The third-order valence-corrected chi connectivity index (χ3v) is 5.01. The summed E-state index contributed by atoms with van der Waals surface area (Å²) in [6, 6.07) is 9.08. The van der Waals surface area contributed by atoms with Crippen LogP contribution in [0.25, 0.3) is 10.8 Å². The fourth-order valence-corrected chi connectivity index (χ4v) is 3.41. The predicted octanol–water partition coefficient (Wildman–Crippen LogP) is 6.03. The second-order valence-electron chi connectivity index (χ2n) is 7.33. The molecule has 0 N–H and O–H groups in total. The zero-order valence-electron chi connectivity index (χ0n) is 16.4. The fraction of sp³-hybridized carbons (Fsp3) is 0.200. The summed E-state index contributed by atoms with van der Waals surface area (Å²) in [5.41, 5.74) is 0.254. The zero-order valence-corrected chi connectivity index (χ0v) is 16.4. The van der Waals surface area contributed by atoms with Gasteiger partial charge in [-0.3, -0.25) is 0 Å². The highest BCUT2D eigenvalue weighted by atomic mass is 19.2. The highest BCUT2D eigenvalue weighted by molar-refractivity contribution is 5.84. The van der Waals surface area contributed by atoms with E-state index in [0.29, 0.717) is 29.5 Å². The number of fused-ring (bicyclic) bond motifs is 1. The van der Waals surface area contributed by atoms with E-state index in [-0.39, 0.29) is 11.5 Å². The number of benzene rings is 3. The minimum Gasteiger partial charge on any atom is -0.348 e. The summed E-state index contributed by atoms with van der Waals surface area (Å²) in [6.45, 7) is 4.49. The lowest BCUT2D eigenvalue weighted by Crippen LogP contribution is -2.26. The van der Waals surface area contributed by atoms with Crippen molar-refractivity contribution < 1.29 is 27.0 Å². The van der Waals surface area contributed by atoms with Gasteiger partial charge in [0.15, 0.2) is 17.9 Å². The summed E-state index contributed by atoms with van der Waals surface area (Å²) < 4.78 is 67.0. The molecule has 0 spiro atoms. The van der Waals surface area contributed by atoms with Crippen LogP contribution in [0.15, 0.2) is 55.1 Å². The Labute approximate surface area is 177 Å². The summed E-state index contributed by atoms with van der Waals surface area (Å²) in [6.07, 6.45) is 1.66. The molecule has 1 heterocycles. The van der Waals surface area contributed by atoms with Crippen molar-refractivity contribution in [1.82, 2.24) is 0 Å². The lowest BCUT2D eigenvalue weighted by atomic mass is 10.0. The lowest BCUT2D eigenvalue weighted by molar-refractivity contribution is -0.204. The van der Waals surface area contributed by atoms with Crippen molar-refractivity contribution in [2.75, 3.05) is 13.2 Å². The van der Waals surface area contributed by atoms with Crippen LogP contribution in [0, 0.1) is 41.0 Å². The van der Waals surface area contributed by atoms with Crippen molar-refractivity contribution in [2.45, 2.75) is 12.7 Å². The van der Waals surface area contributed by atoms with Crippen molar-refractivity contribution in [1.29, 1.82) is 0 Å². The molecule has 0 aromatic heterocycles. The number of ether oxygens (including phenoxy) is 2. The first-order chi connectivity index (χ1) is 14.9. The number of allylic oxidation sites excluding steroid dienone is 1. The number of halogens is 4. The molecule has 31 heavy (non-hydrogen) atoms. The first-order valence-electron chi connectivity index (χ1n) is 9.68. The summed E-state index contributed by atoms with van der Waals surface area (Å²) in [4.78, 5) is 0. The van der Waals surface area contributed by atoms with Gasteiger partial charge in [0.1, 0.15) is 11.6 Å². The van der Waals surface area contributed by atoms with Gasteiger partial charge < -0.3 is 9.47 Å². The Hall–Kier alpha value is -3.14. The van der Waals surface area contributed by atoms with Crippen LogP contribution in [-0.2, 0) is 9.47 Å². The van der Waals surface area contributed by atoms with Crippen molar-refractivity contribution in [3.8, 4) is 11.8 Å². The van der Waals surface area contributed by atoms with Crippen LogP contribution in [0.4, 0.5) is 17.6 Å². The second-order valence-corrected chi connectivity index (χ2v) is 7.33. The highest BCUT2D eigenvalue weighted by Gasteiger charge is 2.24. The smallest absolute Gasteiger partial charge is 0.184 e. The van der Waals surface area contributed by atoms with E-state index >= 15 is 0 Å². The van der Waals surface area contributed by atoms with Gasteiger partial charge in [0.2, 0.25) is 0 Å². The number of hydrogen-bond donors (Lipinski definition) is 0. The third kappa shape index (κ3) is 4.63. The van der Waals surface area contributed by atoms with Gasteiger partial charge >= 0.3 is 0 Å². The average Bonchev–Trinajstić information content (AvgIpc) is 2.75. The molecule has 4 rings (SSSR count). The van der Waals surface area contributed by atoms with E-state index in [0.717, 1.165) is 30.7 Å². The maximum absolute atomic E-state index is 14.6. The Morgan fingerprint density at radius 1 is 0.839 bits per heavy atom. The van der Waals surface area contributed by atoms with Crippen molar-refractivity contribution in [3.63, 3.8) is 0 Å². The molecule has 0 unspecified atom stereocenters. The molecule has 1 aliphatic rings. The summed E-state index contributed by atoms with van der Waals surface area (Å²) in [7, 11) is 0. The van der Waals surface area contributed by atoms with E-state index in [1.54, 1.807) is 18.2 Å². The molecule has 0 amide bonds. The minimum absolute atomic E-state index is 0.167. The van der Waals surface area contributed by atoms with Gasteiger partial charge in [-0.1, -0.05) is 24.0 Å². The largest absolute Gasteiger partial charge is 0.348 e. The monoisotopic (exact) mass is 426 g/mol. The quantitative estimate of drug-likeness (QED) is 0.289. The summed E-state index contributed by atoms with van der Waals surface area (Å²) >= 11 is 0. The molecule has 3 aromatic rings. The Morgan fingerprint density at radius 3 is 2.13 bits per heavy atom. The van der Waals surface area contributed by atoms with Gasteiger partial charge in [-0.2, -0.15) is 0 Å². The zero-order chi connectivity index (χ0) is 22.0. The van der Waals surface area contributed by atoms with Crippen molar-refractivity contribution in [3.05, 3.63) is 95.1 Å². The van der Waals surface area contributed by atoms with Gasteiger partial charge in [0.05, 0.1) is 18.8 Å². The van der Waals surface area contributed by atoms with Crippen molar-refractivity contribution in [2.24, 2.45) is 5.92 Å². The van der Waals surface area contributed by atoms with Gasteiger partial charge in [-0.15, -0.1) is 6.58 Å². The molecular weight excluding hydrogens is 408 g/mol. The van der Waals surface area contributed by atoms with E-state index in [9.17, 15) is 17.6 Å². The van der Waals surface area contributed by atoms with E-state index in [1.165, 1.54) is 6.07 Å². The molecule has 0 radical (unpaired) electrons. The van der Waals surface area contributed by atoms with Crippen LogP contribution in [-0.4, -0.2) is 13.2 Å². The van der Waals surface area contributed by atoms with E-state index in [1.807, 2.05) is 0 Å². The summed E-state index contributed by atoms with van der Waals surface area (Å²) in [5, 5.41) is 0.928. The van der Waals surface area contributed by atoms with Crippen LogP contribution in [0.3, 0.4) is 0 Å². The minimum atomic E-state index is -0.978.